The molecule has 0 amide bonds. The summed E-state index contributed by atoms with van der Waals surface area (Å²) in [4.78, 5) is 10.1. The number of aliphatic hydroxyl groups is 1. The average Bonchev–Trinajstić information content (AvgIpc) is 2.41. The summed E-state index contributed by atoms with van der Waals surface area (Å²) in [5.74, 6) is 0.758. The summed E-state index contributed by atoms with van der Waals surface area (Å²) in [6.45, 7) is -0.360. The van der Waals surface area contributed by atoms with Crippen molar-refractivity contribution in [2.75, 3.05) is 0 Å². The molecular formula is C13H10ClNO4. The molecule has 0 spiro atoms. The van der Waals surface area contributed by atoms with E-state index in [1.54, 1.807) is 24.3 Å². The Morgan fingerprint density at radius 2 is 1.95 bits per heavy atom. The van der Waals surface area contributed by atoms with E-state index < -0.39 is 4.92 Å². The minimum atomic E-state index is -0.529. The van der Waals surface area contributed by atoms with Crippen molar-refractivity contribution in [3.05, 3.63) is 63.2 Å². The zero-order valence-corrected chi connectivity index (χ0v) is 10.5. The second kappa shape index (κ2) is 5.69. The summed E-state index contributed by atoms with van der Waals surface area (Å²) in [5, 5.41) is 20.3. The number of benzene rings is 2. The highest BCUT2D eigenvalue weighted by Crippen LogP contribution is 2.32. The summed E-state index contributed by atoms with van der Waals surface area (Å²) in [6.07, 6.45) is 0. The van der Waals surface area contributed by atoms with E-state index in [2.05, 4.69) is 0 Å². The number of nitro groups is 1. The van der Waals surface area contributed by atoms with Crippen LogP contribution in [0.3, 0.4) is 0 Å². The first kappa shape index (κ1) is 13.3. The van der Waals surface area contributed by atoms with Crippen molar-refractivity contribution in [2.45, 2.75) is 6.61 Å². The monoisotopic (exact) mass is 279 g/mol. The molecule has 1 N–H and O–H groups in total. The second-order valence-corrected chi connectivity index (χ2v) is 4.15. The molecule has 0 unspecified atom stereocenters. The third kappa shape index (κ3) is 3.01. The number of rotatable bonds is 4. The summed E-state index contributed by atoms with van der Waals surface area (Å²) in [6, 6.07) is 10.9. The molecule has 2 aromatic carbocycles. The zero-order chi connectivity index (χ0) is 13.8. The van der Waals surface area contributed by atoms with Gasteiger partial charge in [-0.15, -0.1) is 0 Å². The maximum atomic E-state index is 10.7. The molecule has 5 nitrogen and oxygen atoms in total. The number of para-hydroxylation sites is 1. The number of aliphatic hydroxyl groups excluding tert-OH is 1. The van der Waals surface area contributed by atoms with Gasteiger partial charge in [-0.3, -0.25) is 10.1 Å². The Balaban J connectivity index is 2.35. The molecule has 0 aromatic heterocycles. The molecule has 0 atom stereocenters. The highest BCUT2D eigenvalue weighted by atomic mass is 35.5. The number of nitro benzene ring substituents is 1. The minimum absolute atomic E-state index is 0.101. The molecule has 0 saturated heterocycles. The molecule has 0 fully saturated rings. The molecule has 0 bridgehead atoms. The van der Waals surface area contributed by atoms with Crippen LogP contribution >= 0.6 is 11.6 Å². The van der Waals surface area contributed by atoms with E-state index in [-0.39, 0.29) is 12.3 Å². The van der Waals surface area contributed by atoms with Crippen LogP contribution in [0.1, 0.15) is 5.56 Å². The summed E-state index contributed by atoms with van der Waals surface area (Å²) >= 11 is 5.96. The maximum absolute atomic E-state index is 10.7. The lowest BCUT2D eigenvalue weighted by molar-refractivity contribution is -0.385. The molecular weight excluding hydrogens is 270 g/mol. The predicted molar refractivity (Wildman–Crippen MR) is 70.5 cm³/mol. The van der Waals surface area contributed by atoms with Gasteiger partial charge in [-0.05, 0) is 18.2 Å². The van der Waals surface area contributed by atoms with Crippen LogP contribution in [-0.2, 0) is 6.61 Å². The first-order valence-corrected chi connectivity index (χ1v) is 5.80. The number of non-ortho nitro benzene ring substituents is 1. The first-order chi connectivity index (χ1) is 9.11. The Bertz CT molecular complexity index is 615. The van der Waals surface area contributed by atoms with Gasteiger partial charge in [0, 0.05) is 17.7 Å². The van der Waals surface area contributed by atoms with Gasteiger partial charge >= 0.3 is 0 Å². The number of hydrogen-bond acceptors (Lipinski definition) is 4. The first-order valence-electron chi connectivity index (χ1n) is 5.42. The van der Waals surface area contributed by atoms with Crippen molar-refractivity contribution >= 4 is 17.3 Å². The van der Waals surface area contributed by atoms with Gasteiger partial charge in [0.25, 0.3) is 5.69 Å². The van der Waals surface area contributed by atoms with Crippen molar-refractivity contribution in [1.82, 2.24) is 0 Å². The molecule has 19 heavy (non-hydrogen) atoms. The van der Waals surface area contributed by atoms with Crippen LogP contribution in [0.15, 0.2) is 42.5 Å². The van der Waals surface area contributed by atoms with Crippen molar-refractivity contribution in [3.63, 3.8) is 0 Å². The molecule has 0 aliphatic carbocycles. The van der Waals surface area contributed by atoms with Crippen LogP contribution in [0.5, 0.6) is 11.5 Å². The Hall–Kier alpha value is -2.11. The van der Waals surface area contributed by atoms with Crippen LogP contribution in [-0.4, -0.2) is 10.0 Å². The van der Waals surface area contributed by atoms with Crippen LogP contribution in [0.25, 0.3) is 0 Å². The van der Waals surface area contributed by atoms with Gasteiger partial charge in [0.05, 0.1) is 16.6 Å². The van der Waals surface area contributed by atoms with Crippen molar-refractivity contribution in [2.24, 2.45) is 0 Å². The summed E-state index contributed by atoms with van der Waals surface area (Å²) < 4.78 is 5.55. The normalized spacial score (nSPS) is 10.2. The fourth-order valence-electron chi connectivity index (χ4n) is 1.55. The Morgan fingerprint density at radius 3 is 2.58 bits per heavy atom. The summed E-state index contributed by atoms with van der Waals surface area (Å²) in [7, 11) is 0. The Labute approximate surface area is 114 Å². The molecule has 0 saturated carbocycles. The van der Waals surface area contributed by atoms with E-state index >= 15 is 0 Å². The lowest BCUT2D eigenvalue weighted by atomic mass is 10.2. The largest absolute Gasteiger partial charge is 0.455 e. The Kier molecular flexibility index (Phi) is 3.99. The third-order valence-electron chi connectivity index (χ3n) is 2.48. The van der Waals surface area contributed by atoms with E-state index in [1.165, 1.54) is 18.2 Å². The van der Waals surface area contributed by atoms with Crippen LogP contribution < -0.4 is 4.74 Å². The van der Waals surface area contributed by atoms with Crippen molar-refractivity contribution in [3.8, 4) is 11.5 Å². The van der Waals surface area contributed by atoms with E-state index in [0.29, 0.717) is 22.1 Å². The second-order valence-electron chi connectivity index (χ2n) is 3.74. The fourth-order valence-corrected chi connectivity index (χ4v) is 1.72. The third-order valence-corrected chi connectivity index (χ3v) is 2.79. The Morgan fingerprint density at radius 1 is 1.21 bits per heavy atom. The predicted octanol–water partition coefficient (Wildman–Crippen LogP) is 3.53. The van der Waals surface area contributed by atoms with Gasteiger partial charge in [-0.25, -0.2) is 0 Å². The fraction of sp³-hybridized carbons (Fsp3) is 0.0769. The highest BCUT2D eigenvalue weighted by molar-refractivity contribution is 6.32. The smallest absolute Gasteiger partial charge is 0.270 e. The average molecular weight is 280 g/mol. The lowest BCUT2D eigenvalue weighted by Gasteiger charge is -2.10. The van der Waals surface area contributed by atoms with E-state index in [0.717, 1.165) is 0 Å². The maximum Gasteiger partial charge on any atom is 0.270 e. The minimum Gasteiger partial charge on any atom is -0.455 e. The number of nitrogens with zero attached hydrogens (tertiary/aromatic N) is 1. The molecule has 2 aromatic rings. The van der Waals surface area contributed by atoms with Gasteiger partial charge in [0.15, 0.2) is 0 Å². The van der Waals surface area contributed by atoms with Crippen LogP contribution in [0, 0.1) is 10.1 Å². The zero-order valence-electron chi connectivity index (χ0n) is 9.75. The molecule has 98 valence electrons. The van der Waals surface area contributed by atoms with E-state index in [4.69, 9.17) is 16.3 Å². The number of hydrogen-bond donors (Lipinski definition) is 1. The molecule has 0 radical (unpaired) electrons. The standard InChI is InChI=1S/C13H10ClNO4/c14-11-3-1-2-4-13(11)19-12-6-5-10(15(17)18)7-9(12)8-16/h1-7,16H,8H2. The molecule has 0 heterocycles. The molecule has 6 heteroatoms. The quantitative estimate of drug-likeness (QED) is 0.686. The lowest BCUT2D eigenvalue weighted by Crippen LogP contribution is -1.95. The summed E-state index contributed by atoms with van der Waals surface area (Å²) in [5.41, 5.74) is 0.227. The van der Waals surface area contributed by atoms with Gasteiger partial charge in [0.1, 0.15) is 11.5 Å². The van der Waals surface area contributed by atoms with E-state index in [1.807, 2.05) is 0 Å². The number of halogens is 1. The van der Waals surface area contributed by atoms with Crippen LogP contribution in [0.2, 0.25) is 5.02 Å². The van der Waals surface area contributed by atoms with Crippen molar-refractivity contribution < 1.29 is 14.8 Å². The van der Waals surface area contributed by atoms with Gasteiger partial charge < -0.3 is 9.84 Å². The van der Waals surface area contributed by atoms with Gasteiger partial charge in [-0.2, -0.15) is 0 Å². The topological polar surface area (TPSA) is 72.6 Å². The van der Waals surface area contributed by atoms with Gasteiger partial charge in [-0.1, -0.05) is 23.7 Å². The SMILES string of the molecule is O=[N+]([O-])c1ccc(Oc2ccccc2Cl)c(CO)c1. The number of ether oxygens (including phenoxy) is 1. The molecule has 2 rings (SSSR count). The highest BCUT2D eigenvalue weighted by Gasteiger charge is 2.12. The molecule has 0 aliphatic rings. The van der Waals surface area contributed by atoms with Crippen molar-refractivity contribution in [1.29, 1.82) is 0 Å². The van der Waals surface area contributed by atoms with Gasteiger partial charge in [0.2, 0.25) is 0 Å². The van der Waals surface area contributed by atoms with Crippen LogP contribution in [0.4, 0.5) is 5.69 Å². The van der Waals surface area contributed by atoms with E-state index in [9.17, 15) is 15.2 Å². The molecule has 0 aliphatic heterocycles.